The van der Waals surface area contributed by atoms with Crippen LogP contribution in [-0.4, -0.2) is 59.3 Å². The molecule has 7 nitrogen and oxygen atoms in total. The first-order valence-corrected chi connectivity index (χ1v) is 8.91. The van der Waals surface area contributed by atoms with Crippen LogP contribution in [0.1, 0.15) is 36.2 Å². The first kappa shape index (κ1) is 15.6. The highest BCUT2D eigenvalue weighted by Gasteiger charge is 2.34. The van der Waals surface area contributed by atoms with Gasteiger partial charge in [-0.15, -0.1) is 0 Å². The lowest BCUT2D eigenvalue weighted by Crippen LogP contribution is -2.44. The lowest BCUT2D eigenvalue weighted by molar-refractivity contribution is -0.133. The van der Waals surface area contributed by atoms with Crippen molar-refractivity contribution >= 4 is 11.8 Å². The quantitative estimate of drug-likeness (QED) is 0.827. The highest BCUT2D eigenvalue weighted by atomic mass is 16.5. The minimum absolute atomic E-state index is 0.00849. The van der Waals surface area contributed by atoms with E-state index in [-0.39, 0.29) is 23.8 Å². The van der Waals surface area contributed by atoms with E-state index in [9.17, 15) is 9.59 Å². The SMILES string of the molecule is O=C1N[C@@H]2COC[C@H]1CN(C(=O)CCc1n[nH]c3c1CCCC3)C2. The maximum Gasteiger partial charge on any atom is 0.227 e. The Balaban J connectivity index is 1.39. The highest BCUT2D eigenvalue weighted by molar-refractivity contribution is 5.82. The number of nitrogens with zero attached hydrogens (tertiary/aromatic N) is 2. The number of carbonyl (C=O) groups is 2. The van der Waals surface area contributed by atoms with E-state index in [1.54, 1.807) is 0 Å². The second-order valence-electron chi connectivity index (χ2n) is 7.07. The van der Waals surface area contributed by atoms with Crippen molar-refractivity contribution < 1.29 is 14.3 Å². The fraction of sp³-hybridized carbons (Fsp3) is 0.706. The van der Waals surface area contributed by atoms with Crippen LogP contribution in [0.25, 0.3) is 0 Å². The molecule has 1 aromatic rings. The number of amides is 2. The van der Waals surface area contributed by atoms with Crippen molar-refractivity contribution in [3.63, 3.8) is 0 Å². The minimum atomic E-state index is -0.250. The van der Waals surface area contributed by atoms with Gasteiger partial charge in [0.15, 0.2) is 0 Å². The van der Waals surface area contributed by atoms with Crippen molar-refractivity contribution in [2.24, 2.45) is 5.92 Å². The van der Waals surface area contributed by atoms with Crippen molar-refractivity contribution in [3.05, 3.63) is 17.0 Å². The van der Waals surface area contributed by atoms with E-state index < -0.39 is 0 Å². The number of ether oxygens (including phenoxy) is 1. The number of carbonyl (C=O) groups excluding carboxylic acids is 2. The third kappa shape index (κ3) is 3.05. The fourth-order valence-electron chi connectivity index (χ4n) is 3.97. The molecule has 3 aliphatic rings. The molecule has 0 spiro atoms. The fourth-order valence-corrected chi connectivity index (χ4v) is 3.97. The zero-order chi connectivity index (χ0) is 16.5. The first-order chi connectivity index (χ1) is 11.7. The molecule has 2 N–H and O–H groups in total. The average molecular weight is 332 g/mol. The van der Waals surface area contributed by atoms with Crippen LogP contribution in [-0.2, 0) is 33.6 Å². The van der Waals surface area contributed by atoms with Gasteiger partial charge < -0.3 is 15.0 Å². The van der Waals surface area contributed by atoms with E-state index in [0.29, 0.717) is 39.1 Å². The summed E-state index contributed by atoms with van der Waals surface area (Å²) in [7, 11) is 0. The molecular weight excluding hydrogens is 308 g/mol. The van der Waals surface area contributed by atoms with Gasteiger partial charge in [-0.25, -0.2) is 0 Å². The Bertz CT molecular complexity index is 642. The zero-order valence-electron chi connectivity index (χ0n) is 13.8. The van der Waals surface area contributed by atoms with Crippen molar-refractivity contribution in [1.29, 1.82) is 0 Å². The molecule has 1 aliphatic carbocycles. The largest absolute Gasteiger partial charge is 0.378 e. The molecule has 0 radical (unpaired) electrons. The van der Waals surface area contributed by atoms with Crippen molar-refractivity contribution in [2.45, 2.75) is 44.6 Å². The Morgan fingerprint density at radius 3 is 3.04 bits per heavy atom. The number of nitrogens with one attached hydrogen (secondary N) is 2. The third-order valence-corrected chi connectivity index (χ3v) is 5.31. The Labute approximate surface area is 141 Å². The molecule has 24 heavy (non-hydrogen) atoms. The molecule has 4 rings (SSSR count). The molecule has 1 aromatic heterocycles. The average Bonchev–Trinajstić information content (AvgIpc) is 2.80. The third-order valence-electron chi connectivity index (χ3n) is 5.31. The topological polar surface area (TPSA) is 87.3 Å². The lowest BCUT2D eigenvalue weighted by atomic mass is 9.94. The van der Waals surface area contributed by atoms with Crippen molar-refractivity contribution in [2.75, 3.05) is 26.3 Å². The summed E-state index contributed by atoms with van der Waals surface area (Å²) in [6.07, 6.45) is 5.68. The van der Waals surface area contributed by atoms with Gasteiger partial charge in [0, 0.05) is 31.6 Å². The monoisotopic (exact) mass is 332 g/mol. The van der Waals surface area contributed by atoms with Crippen molar-refractivity contribution in [1.82, 2.24) is 20.4 Å². The number of aryl methyl sites for hydroxylation is 2. The van der Waals surface area contributed by atoms with E-state index in [2.05, 4.69) is 15.5 Å². The molecule has 130 valence electrons. The Morgan fingerprint density at radius 1 is 1.25 bits per heavy atom. The van der Waals surface area contributed by atoms with Gasteiger partial charge in [-0.05, 0) is 31.2 Å². The highest BCUT2D eigenvalue weighted by Crippen LogP contribution is 2.23. The molecular formula is C17H24N4O3. The van der Waals surface area contributed by atoms with Gasteiger partial charge in [0.05, 0.1) is 30.9 Å². The first-order valence-electron chi connectivity index (χ1n) is 8.91. The molecule has 2 fully saturated rings. The molecule has 7 heteroatoms. The van der Waals surface area contributed by atoms with Gasteiger partial charge in [-0.1, -0.05) is 0 Å². The van der Waals surface area contributed by atoms with Crippen LogP contribution < -0.4 is 5.32 Å². The van der Waals surface area contributed by atoms with E-state index in [1.807, 2.05) is 4.90 Å². The molecule has 0 saturated carbocycles. The van der Waals surface area contributed by atoms with Crippen LogP contribution in [0, 0.1) is 5.92 Å². The molecule has 2 bridgehead atoms. The number of fused-ring (bicyclic) bond motifs is 4. The number of H-pyrrole nitrogens is 1. The number of rotatable bonds is 3. The van der Waals surface area contributed by atoms with Gasteiger partial charge in [0.25, 0.3) is 0 Å². The van der Waals surface area contributed by atoms with Gasteiger partial charge in [0.1, 0.15) is 0 Å². The molecule has 0 aromatic carbocycles. The number of aromatic amines is 1. The summed E-state index contributed by atoms with van der Waals surface area (Å²) in [6.45, 7) is 1.89. The summed E-state index contributed by atoms with van der Waals surface area (Å²) < 4.78 is 5.51. The van der Waals surface area contributed by atoms with Crippen LogP contribution >= 0.6 is 0 Å². The van der Waals surface area contributed by atoms with Gasteiger partial charge in [-0.2, -0.15) is 5.10 Å². The summed E-state index contributed by atoms with van der Waals surface area (Å²) >= 11 is 0. The molecule has 3 heterocycles. The summed E-state index contributed by atoms with van der Waals surface area (Å²) in [6, 6.07) is -0.0907. The summed E-state index contributed by atoms with van der Waals surface area (Å²) in [5.41, 5.74) is 3.62. The van der Waals surface area contributed by atoms with Crippen LogP contribution in [0.5, 0.6) is 0 Å². The Morgan fingerprint density at radius 2 is 2.12 bits per heavy atom. The van der Waals surface area contributed by atoms with Crippen LogP contribution in [0.4, 0.5) is 0 Å². The molecule has 2 amide bonds. The van der Waals surface area contributed by atoms with E-state index in [1.165, 1.54) is 24.1 Å². The normalized spacial score (nSPS) is 26.5. The standard InChI is InChI=1S/C17H24N4O3/c22-16(6-5-15-13-3-1-2-4-14(13)19-20-15)21-7-11-9-24-10-12(8-21)18-17(11)23/h11-12H,1-10H2,(H,18,23)(H,19,20)/t11-,12+/m1/s1. The minimum Gasteiger partial charge on any atom is -0.378 e. The molecule has 0 unspecified atom stereocenters. The van der Waals surface area contributed by atoms with E-state index >= 15 is 0 Å². The number of hydrogen-bond acceptors (Lipinski definition) is 4. The van der Waals surface area contributed by atoms with E-state index in [0.717, 1.165) is 18.5 Å². The Kier molecular flexibility index (Phi) is 4.26. The molecule has 2 aliphatic heterocycles. The van der Waals surface area contributed by atoms with Crippen LogP contribution in [0.2, 0.25) is 0 Å². The maximum absolute atomic E-state index is 12.7. The maximum atomic E-state index is 12.7. The van der Waals surface area contributed by atoms with Crippen LogP contribution in [0.15, 0.2) is 0 Å². The number of aromatic nitrogens is 2. The molecule has 2 saturated heterocycles. The van der Waals surface area contributed by atoms with Gasteiger partial charge >= 0.3 is 0 Å². The second-order valence-corrected chi connectivity index (χ2v) is 7.07. The summed E-state index contributed by atoms with van der Waals surface area (Å²) in [5.74, 6) is -0.135. The van der Waals surface area contributed by atoms with Gasteiger partial charge in [-0.3, -0.25) is 14.7 Å². The van der Waals surface area contributed by atoms with E-state index in [4.69, 9.17) is 4.74 Å². The van der Waals surface area contributed by atoms with Crippen molar-refractivity contribution in [3.8, 4) is 0 Å². The van der Waals surface area contributed by atoms with Gasteiger partial charge in [0.2, 0.25) is 11.8 Å². The smallest absolute Gasteiger partial charge is 0.227 e. The lowest BCUT2D eigenvalue weighted by Gasteiger charge is -2.27. The zero-order valence-corrected chi connectivity index (χ0v) is 13.8. The summed E-state index contributed by atoms with van der Waals surface area (Å²) in [5, 5.41) is 10.5. The summed E-state index contributed by atoms with van der Waals surface area (Å²) in [4.78, 5) is 26.5. The number of hydrogen-bond donors (Lipinski definition) is 2. The Hall–Kier alpha value is -1.89. The predicted octanol–water partition coefficient (Wildman–Crippen LogP) is 0.195. The predicted molar refractivity (Wildman–Crippen MR) is 86.4 cm³/mol. The molecule has 2 atom stereocenters. The van der Waals surface area contributed by atoms with Crippen LogP contribution in [0.3, 0.4) is 0 Å². The second kappa shape index (κ2) is 6.55.